The SMILES string of the molecule is CCNC(c1cc(OC)cs1)c1cc(Br)c(C)s1. The first-order valence-corrected chi connectivity index (χ1v) is 8.26. The van der Waals surface area contributed by atoms with Crippen molar-refractivity contribution >= 4 is 38.6 Å². The van der Waals surface area contributed by atoms with Crippen LogP contribution in [0.4, 0.5) is 0 Å². The molecule has 2 aromatic rings. The maximum absolute atomic E-state index is 5.26. The van der Waals surface area contributed by atoms with Crippen molar-refractivity contribution in [2.75, 3.05) is 13.7 Å². The summed E-state index contributed by atoms with van der Waals surface area (Å²) in [6, 6.07) is 4.58. The van der Waals surface area contributed by atoms with E-state index in [0.29, 0.717) is 0 Å². The second kappa shape index (κ2) is 6.19. The lowest BCUT2D eigenvalue weighted by Crippen LogP contribution is -2.20. The Morgan fingerprint density at radius 1 is 1.39 bits per heavy atom. The van der Waals surface area contributed by atoms with E-state index < -0.39 is 0 Å². The van der Waals surface area contributed by atoms with Gasteiger partial charge in [0.1, 0.15) is 5.75 Å². The van der Waals surface area contributed by atoms with Crippen LogP contribution in [0.25, 0.3) is 0 Å². The summed E-state index contributed by atoms with van der Waals surface area (Å²) in [5.41, 5.74) is 0. The molecule has 5 heteroatoms. The monoisotopic (exact) mass is 345 g/mol. The van der Waals surface area contributed by atoms with Crippen LogP contribution in [0, 0.1) is 6.92 Å². The molecule has 18 heavy (non-hydrogen) atoms. The summed E-state index contributed by atoms with van der Waals surface area (Å²) in [6.45, 7) is 5.21. The molecule has 0 bridgehead atoms. The molecule has 2 aromatic heterocycles. The Balaban J connectivity index is 2.32. The highest BCUT2D eigenvalue weighted by atomic mass is 79.9. The molecule has 0 aliphatic heterocycles. The average Bonchev–Trinajstić information content (AvgIpc) is 2.94. The highest BCUT2D eigenvalue weighted by molar-refractivity contribution is 9.10. The molecule has 0 aliphatic rings. The number of nitrogens with one attached hydrogen (secondary N) is 1. The lowest BCUT2D eigenvalue weighted by atomic mass is 10.2. The van der Waals surface area contributed by atoms with Crippen molar-refractivity contribution in [3.8, 4) is 5.75 Å². The number of rotatable bonds is 5. The van der Waals surface area contributed by atoms with Crippen LogP contribution in [0.3, 0.4) is 0 Å². The van der Waals surface area contributed by atoms with Gasteiger partial charge in [-0.1, -0.05) is 6.92 Å². The van der Waals surface area contributed by atoms with E-state index in [9.17, 15) is 0 Å². The molecule has 2 nitrogen and oxygen atoms in total. The molecular weight excluding hydrogens is 330 g/mol. The van der Waals surface area contributed by atoms with Crippen LogP contribution >= 0.6 is 38.6 Å². The van der Waals surface area contributed by atoms with E-state index in [4.69, 9.17) is 4.74 Å². The zero-order chi connectivity index (χ0) is 13.1. The largest absolute Gasteiger partial charge is 0.496 e. The van der Waals surface area contributed by atoms with Gasteiger partial charge in [-0.05, 0) is 41.5 Å². The number of ether oxygens (including phenoxy) is 1. The standard InChI is InChI=1S/C13H16BrNOS2/c1-4-15-13(11-5-9(16-3)7-17-11)12-6-10(14)8(2)18-12/h5-7,13,15H,4H2,1-3H3. The van der Waals surface area contributed by atoms with Gasteiger partial charge in [-0.25, -0.2) is 0 Å². The fourth-order valence-electron chi connectivity index (χ4n) is 1.76. The van der Waals surface area contributed by atoms with Crippen molar-refractivity contribution in [3.63, 3.8) is 0 Å². The predicted octanol–water partition coefficient (Wildman–Crippen LogP) is 4.59. The summed E-state index contributed by atoms with van der Waals surface area (Å²) < 4.78 is 6.45. The smallest absolute Gasteiger partial charge is 0.129 e. The number of hydrogen-bond acceptors (Lipinski definition) is 4. The summed E-state index contributed by atoms with van der Waals surface area (Å²) in [6.07, 6.45) is 0. The van der Waals surface area contributed by atoms with Crippen LogP contribution in [0.2, 0.25) is 0 Å². The fourth-order valence-corrected chi connectivity index (χ4v) is 4.44. The van der Waals surface area contributed by atoms with Crippen LogP contribution in [-0.2, 0) is 0 Å². The topological polar surface area (TPSA) is 21.3 Å². The number of halogens is 1. The third-order valence-corrected chi connectivity index (χ3v) is 5.86. The van der Waals surface area contributed by atoms with E-state index >= 15 is 0 Å². The Morgan fingerprint density at radius 2 is 2.17 bits per heavy atom. The van der Waals surface area contributed by atoms with Gasteiger partial charge in [-0.3, -0.25) is 0 Å². The molecule has 0 saturated heterocycles. The second-order valence-electron chi connectivity index (χ2n) is 3.93. The van der Waals surface area contributed by atoms with Crippen LogP contribution in [0.15, 0.2) is 22.0 Å². The molecule has 2 heterocycles. The highest BCUT2D eigenvalue weighted by Crippen LogP contribution is 2.37. The van der Waals surface area contributed by atoms with Crippen molar-refractivity contribution < 1.29 is 4.74 Å². The molecule has 1 unspecified atom stereocenters. The Hall–Kier alpha value is -0.360. The normalized spacial score (nSPS) is 12.7. The molecule has 2 rings (SSSR count). The van der Waals surface area contributed by atoms with Gasteiger partial charge in [-0.2, -0.15) is 0 Å². The number of aryl methyl sites for hydroxylation is 1. The summed E-state index contributed by atoms with van der Waals surface area (Å²) >= 11 is 7.15. The van der Waals surface area contributed by atoms with E-state index in [-0.39, 0.29) is 6.04 Å². The molecule has 98 valence electrons. The molecule has 0 radical (unpaired) electrons. The quantitative estimate of drug-likeness (QED) is 0.855. The van der Waals surface area contributed by atoms with Crippen molar-refractivity contribution in [2.45, 2.75) is 19.9 Å². The van der Waals surface area contributed by atoms with Crippen molar-refractivity contribution in [2.24, 2.45) is 0 Å². The summed E-state index contributed by atoms with van der Waals surface area (Å²) in [4.78, 5) is 3.95. The Kier molecular flexibility index (Phi) is 4.84. The number of methoxy groups -OCH3 is 1. The van der Waals surface area contributed by atoms with Gasteiger partial charge < -0.3 is 10.1 Å². The van der Waals surface area contributed by atoms with Gasteiger partial charge in [-0.15, -0.1) is 22.7 Å². The number of thiophene rings is 2. The minimum absolute atomic E-state index is 0.263. The molecule has 0 saturated carbocycles. The minimum Gasteiger partial charge on any atom is -0.496 e. The summed E-state index contributed by atoms with van der Waals surface area (Å²) in [5, 5.41) is 5.59. The van der Waals surface area contributed by atoms with Crippen LogP contribution in [0.5, 0.6) is 5.75 Å². The predicted molar refractivity (Wildman–Crippen MR) is 83.1 cm³/mol. The van der Waals surface area contributed by atoms with Gasteiger partial charge >= 0.3 is 0 Å². The van der Waals surface area contributed by atoms with Gasteiger partial charge in [0, 0.05) is 24.5 Å². The zero-order valence-electron chi connectivity index (χ0n) is 10.6. The first kappa shape index (κ1) is 14.1. The summed E-state index contributed by atoms with van der Waals surface area (Å²) in [7, 11) is 1.71. The third kappa shape index (κ3) is 2.96. The fraction of sp³-hybridized carbons (Fsp3) is 0.385. The Morgan fingerprint density at radius 3 is 2.67 bits per heavy atom. The van der Waals surface area contributed by atoms with E-state index in [1.165, 1.54) is 19.1 Å². The van der Waals surface area contributed by atoms with Crippen LogP contribution in [-0.4, -0.2) is 13.7 Å². The van der Waals surface area contributed by atoms with Crippen LogP contribution in [0.1, 0.15) is 27.6 Å². The molecule has 1 N–H and O–H groups in total. The molecule has 0 amide bonds. The zero-order valence-corrected chi connectivity index (χ0v) is 13.8. The van der Waals surface area contributed by atoms with Crippen molar-refractivity contribution in [3.05, 3.63) is 36.6 Å². The van der Waals surface area contributed by atoms with E-state index in [2.05, 4.69) is 52.6 Å². The minimum atomic E-state index is 0.263. The first-order valence-electron chi connectivity index (χ1n) is 5.77. The first-order chi connectivity index (χ1) is 8.65. The molecule has 0 fully saturated rings. The molecular formula is C13H16BrNOS2. The van der Waals surface area contributed by atoms with Gasteiger partial charge in [0.05, 0.1) is 13.2 Å². The highest BCUT2D eigenvalue weighted by Gasteiger charge is 2.18. The molecule has 1 atom stereocenters. The second-order valence-corrected chi connectivity index (χ2v) is 7.02. The molecule has 0 aromatic carbocycles. The van der Waals surface area contributed by atoms with E-state index in [1.54, 1.807) is 18.4 Å². The number of hydrogen-bond donors (Lipinski definition) is 1. The molecule has 0 spiro atoms. The maximum atomic E-state index is 5.26. The van der Waals surface area contributed by atoms with E-state index in [1.807, 2.05) is 11.3 Å². The summed E-state index contributed by atoms with van der Waals surface area (Å²) in [5.74, 6) is 0.935. The lowest BCUT2D eigenvalue weighted by Gasteiger charge is -2.14. The Bertz CT molecular complexity index is 501. The average molecular weight is 346 g/mol. The van der Waals surface area contributed by atoms with Crippen LogP contribution < -0.4 is 10.1 Å². The van der Waals surface area contributed by atoms with Crippen molar-refractivity contribution in [1.29, 1.82) is 0 Å². The lowest BCUT2D eigenvalue weighted by molar-refractivity contribution is 0.416. The van der Waals surface area contributed by atoms with Gasteiger partial charge in [0.15, 0.2) is 0 Å². The maximum Gasteiger partial charge on any atom is 0.129 e. The third-order valence-electron chi connectivity index (χ3n) is 2.68. The Labute approximate surface area is 124 Å². The van der Waals surface area contributed by atoms with Crippen molar-refractivity contribution in [1.82, 2.24) is 5.32 Å². The molecule has 0 aliphatic carbocycles. The van der Waals surface area contributed by atoms with Gasteiger partial charge in [0.25, 0.3) is 0 Å². The van der Waals surface area contributed by atoms with Gasteiger partial charge in [0.2, 0.25) is 0 Å². The van der Waals surface area contributed by atoms with E-state index in [0.717, 1.165) is 12.3 Å².